The van der Waals surface area contributed by atoms with E-state index in [1.807, 2.05) is 18.2 Å². The summed E-state index contributed by atoms with van der Waals surface area (Å²) in [5.41, 5.74) is 0.950. The second kappa shape index (κ2) is 13.0. The summed E-state index contributed by atoms with van der Waals surface area (Å²) in [6, 6.07) is 5.64. The van der Waals surface area contributed by atoms with Crippen molar-refractivity contribution >= 4 is 5.91 Å². The molecule has 1 unspecified atom stereocenters. The summed E-state index contributed by atoms with van der Waals surface area (Å²) in [5, 5.41) is 6.29. The number of ether oxygens (including phenoxy) is 1. The van der Waals surface area contributed by atoms with Crippen LogP contribution in [0.2, 0.25) is 0 Å². The Bertz CT molecular complexity index is 412. The molecule has 0 aliphatic heterocycles. The molecule has 0 spiro atoms. The number of aromatic nitrogens is 1. The third kappa shape index (κ3) is 9.31. The van der Waals surface area contributed by atoms with E-state index in [1.54, 1.807) is 6.20 Å². The van der Waals surface area contributed by atoms with Crippen molar-refractivity contribution in [2.45, 2.75) is 58.5 Å². The quantitative estimate of drug-likeness (QED) is 0.548. The summed E-state index contributed by atoms with van der Waals surface area (Å²) in [6.07, 6.45) is 6.66. The normalized spacial score (nSPS) is 12.1. The molecular weight excluding hydrogens is 290 g/mol. The lowest BCUT2D eigenvalue weighted by atomic mass is 10.1. The van der Waals surface area contributed by atoms with E-state index >= 15 is 0 Å². The Hall–Kier alpha value is -1.46. The average Bonchev–Trinajstić information content (AvgIpc) is 2.58. The first kappa shape index (κ1) is 19.6. The van der Waals surface area contributed by atoms with Crippen LogP contribution in [0.1, 0.15) is 51.6 Å². The number of pyridine rings is 1. The van der Waals surface area contributed by atoms with Gasteiger partial charge in [0.2, 0.25) is 5.91 Å². The molecule has 130 valence electrons. The predicted octanol–water partition coefficient (Wildman–Crippen LogP) is 2.66. The van der Waals surface area contributed by atoms with Gasteiger partial charge in [0.05, 0.1) is 11.7 Å². The summed E-state index contributed by atoms with van der Waals surface area (Å²) in [7, 11) is 0. The fourth-order valence-corrected chi connectivity index (χ4v) is 2.20. The van der Waals surface area contributed by atoms with Crippen molar-refractivity contribution < 1.29 is 9.53 Å². The van der Waals surface area contributed by atoms with Crippen LogP contribution in [-0.2, 0) is 16.1 Å². The molecule has 0 aliphatic carbocycles. The van der Waals surface area contributed by atoms with Gasteiger partial charge in [-0.3, -0.25) is 9.78 Å². The highest BCUT2D eigenvalue weighted by molar-refractivity contribution is 5.81. The molecule has 0 aromatic carbocycles. The number of carbonyl (C=O) groups excluding carboxylic acids is 1. The molecule has 5 heteroatoms. The van der Waals surface area contributed by atoms with Gasteiger partial charge in [-0.1, -0.05) is 32.8 Å². The maximum absolute atomic E-state index is 12.3. The minimum Gasteiger partial charge on any atom is -0.381 e. The second-order valence-electron chi connectivity index (χ2n) is 5.65. The van der Waals surface area contributed by atoms with Gasteiger partial charge in [0.25, 0.3) is 0 Å². The molecule has 0 bridgehead atoms. The van der Waals surface area contributed by atoms with Crippen LogP contribution in [0.4, 0.5) is 0 Å². The van der Waals surface area contributed by atoms with Crippen LogP contribution in [0.15, 0.2) is 24.4 Å². The lowest BCUT2D eigenvalue weighted by Gasteiger charge is -2.17. The molecule has 5 nitrogen and oxygen atoms in total. The largest absolute Gasteiger partial charge is 0.381 e. The minimum absolute atomic E-state index is 0.0661. The molecule has 1 aromatic heterocycles. The number of hydrogen-bond acceptors (Lipinski definition) is 4. The zero-order valence-corrected chi connectivity index (χ0v) is 14.5. The highest BCUT2D eigenvalue weighted by Crippen LogP contribution is 2.00. The zero-order valence-electron chi connectivity index (χ0n) is 14.5. The second-order valence-corrected chi connectivity index (χ2v) is 5.65. The number of hydrogen-bond donors (Lipinski definition) is 2. The van der Waals surface area contributed by atoms with Gasteiger partial charge in [0.1, 0.15) is 0 Å². The van der Waals surface area contributed by atoms with Gasteiger partial charge in [0.15, 0.2) is 0 Å². The van der Waals surface area contributed by atoms with E-state index < -0.39 is 0 Å². The van der Waals surface area contributed by atoms with Crippen LogP contribution in [-0.4, -0.2) is 36.7 Å². The summed E-state index contributed by atoms with van der Waals surface area (Å²) < 4.78 is 5.49. The van der Waals surface area contributed by atoms with Crippen molar-refractivity contribution in [3.8, 4) is 0 Å². The lowest BCUT2D eigenvalue weighted by molar-refractivity contribution is -0.123. The van der Waals surface area contributed by atoms with Crippen molar-refractivity contribution in [3.63, 3.8) is 0 Å². The third-order valence-electron chi connectivity index (χ3n) is 3.56. The Labute approximate surface area is 140 Å². The third-order valence-corrected chi connectivity index (χ3v) is 3.56. The average molecular weight is 321 g/mol. The Morgan fingerprint density at radius 3 is 2.74 bits per heavy atom. The molecule has 0 aliphatic rings. The van der Waals surface area contributed by atoms with Crippen molar-refractivity contribution in [1.82, 2.24) is 15.6 Å². The van der Waals surface area contributed by atoms with Crippen LogP contribution in [0, 0.1) is 0 Å². The summed E-state index contributed by atoms with van der Waals surface area (Å²) in [5.74, 6) is 0.0661. The first-order valence-corrected chi connectivity index (χ1v) is 8.76. The number of nitrogens with one attached hydrogen (secondary N) is 2. The minimum atomic E-state index is -0.164. The highest BCUT2D eigenvalue weighted by atomic mass is 16.5. The number of amides is 1. The van der Waals surface area contributed by atoms with E-state index in [0.29, 0.717) is 19.7 Å². The lowest BCUT2D eigenvalue weighted by Crippen LogP contribution is -2.44. The number of carbonyl (C=O) groups is 1. The Balaban J connectivity index is 2.22. The Morgan fingerprint density at radius 2 is 2.04 bits per heavy atom. The van der Waals surface area contributed by atoms with Gasteiger partial charge < -0.3 is 15.4 Å². The Kier molecular flexibility index (Phi) is 11.1. The summed E-state index contributed by atoms with van der Waals surface area (Å²) >= 11 is 0. The molecule has 1 amide bonds. The first-order chi connectivity index (χ1) is 11.3. The molecular formula is C18H31N3O2. The number of nitrogens with zero attached hydrogens (tertiary/aromatic N) is 1. The van der Waals surface area contributed by atoms with Gasteiger partial charge in [-0.15, -0.1) is 0 Å². The van der Waals surface area contributed by atoms with Gasteiger partial charge >= 0.3 is 0 Å². The van der Waals surface area contributed by atoms with E-state index in [0.717, 1.165) is 44.4 Å². The Morgan fingerprint density at radius 1 is 1.22 bits per heavy atom. The summed E-state index contributed by atoms with van der Waals surface area (Å²) in [6.45, 7) is 7.03. The van der Waals surface area contributed by atoms with Crippen LogP contribution in [0.5, 0.6) is 0 Å². The van der Waals surface area contributed by atoms with E-state index in [1.165, 1.54) is 0 Å². The van der Waals surface area contributed by atoms with Crippen molar-refractivity contribution in [1.29, 1.82) is 0 Å². The number of rotatable bonds is 13. The van der Waals surface area contributed by atoms with E-state index in [2.05, 4.69) is 29.5 Å². The van der Waals surface area contributed by atoms with Crippen LogP contribution >= 0.6 is 0 Å². The maximum atomic E-state index is 12.3. The van der Waals surface area contributed by atoms with Gasteiger partial charge in [-0.2, -0.15) is 0 Å². The molecule has 23 heavy (non-hydrogen) atoms. The molecule has 1 rings (SSSR count). The molecule has 1 heterocycles. The smallest absolute Gasteiger partial charge is 0.237 e. The van der Waals surface area contributed by atoms with E-state index in [9.17, 15) is 4.79 Å². The van der Waals surface area contributed by atoms with E-state index in [-0.39, 0.29) is 11.9 Å². The number of unbranched alkanes of at least 4 members (excludes halogenated alkanes) is 1. The summed E-state index contributed by atoms with van der Waals surface area (Å²) in [4.78, 5) is 16.5. The highest BCUT2D eigenvalue weighted by Gasteiger charge is 2.16. The van der Waals surface area contributed by atoms with Crippen molar-refractivity contribution in [3.05, 3.63) is 30.1 Å². The maximum Gasteiger partial charge on any atom is 0.237 e. The molecule has 0 saturated heterocycles. The van der Waals surface area contributed by atoms with Crippen LogP contribution in [0.25, 0.3) is 0 Å². The molecule has 0 fully saturated rings. The monoisotopic (exact) mass is 321 g/mol. The first-order valence-electron chi connectivity index (χ1n) is 8.76. The van der Waals surface area contributed by atoms with Crippen LogP contribution < -0.4 is 10.6 Å². The molecule has 1 aromatic rings. The molecule has 0 saturated carbocycles. The standard InChI is InChI=1S/C18H31N3O2/c1-3-5-13-23-14-8-12-20-18(22)17(9-4-2)21-15-16-10-6-7-11-19-16/h6-7,10-11,17,21H,3-5,8-9,12-15H2,1-2H3,(H,20,22). The van der Waals surface area contributed by atoms with Crippen molar-refractivity contribution in [2.24, 2.45) is 0 Å². The molecule has 2 N–H and O–H groups in total. The van der Waals surface area contributed by atoms with Gasteiger partial charge in [0, 0.05) is 32.5 Å². The van der Waals surface area contributed by atoms with Gasteiger partial charge in [-0.05, 0) is 31.4 Å². The fraction of sp³-hybridized carbons (Fsp3) is 0.667. The SMILES string of the molecule is CCCCOCCCNC(=O)C(CCC)NCc1ccccn1. The van der Waals surface area contributed by atoms with Crippen molar-refractivity contribution in [2.75, 3.05) is 19.8 Å². The topological polar surface area (TPSA) is 63.2 Å². The zero-order chi connectivity index (χ0) is 16.8. The van der Waals surface area contributed by atoms with E-state index in [4.69, 9.17) is 4.74 Å². The van der Waals surface area contributed by atoms with Gasteiger partial charge in [-0.25, -0.2) is 0 Å². The molecule has 0 radical (unpaired) electrons. The van der Waals surface area contributed by atoms with Crippen LogP contribution in [0.3, 0.4) is 0 Å². The predicted molar refractivity (Wildman–Crippen MR) is 93.1 cm³/mol. The molecule has 1 atom stereocenters. The fourth-order valence-electron chi connectivity index (χ4n) is 2.20.